The van der Waals surface area contributed by atoms with Gasteiger partial charge in [-0.15, -0.1) is 5.10 Å². The van der Waals surface area contributed by atoms with Gasteiger partial charge in [-0.3, -0.25) is 0 Å². The van der Waals surface area contributed by atoms with Gasteiger partial charge in [0.05, 0.1) is 7.11 Å². The summed E-state index contributed by atoms with van der Waals surface area (Å²) in [6, 6.07) is 3.56. The van der Waals surface area contributed by atoms with Crippen LogP contribution in [0.5, 0.6) is 0 Å². The smallest absolute Gasteiger partial charge is 0.360 e. The molecule has 0 N–H and O–H groups in total. The number of esters is 1. The minimum absolute atomic E-state index is 0.216. The monoisotopic (exact) mass is 255 g/mol. The van der Waals surface area contributed by atoms with Crippen LogP contribution in [0.25, 0.3) is 5.52 Å². The number of nitrogens with zero attached hydrogens (tertiary/aromatic N) is 3. The molecule has 0 unspecified atom stereocenters. The van der Waals surface area contributed by atoms with Crippen molar-refractivity contribution in [2.24, 2.45) is 0 Å². The highest BCUT2D eigenvalue weighted by atomic mass is 79.9. The number of rotatable bonds is 1. The van der Waals surface area contributed by atoms with Crippen molar-refractivity contribution in [2.75, 3.05) is 7.11 Å². The van der Waals surface area contributed by atoms with Gasteiger partial charge in [0.2, 0.25) is 0 Å². The van der Waals surface area contributed by atoms with Gasteiger partial charge in [0.15, 0.2) is 5.69 Å². The molecule has 0 amide bonds. The van der Waals surface area contributed by atoms with Gasteiger partial charge >= 0.3 is 5.97 Å². The maximum absolute atomic E-state index is 11.2. The van der Waals surface area contributed by atoms with Crippen molar-refractivity contribution in [3.8, 4) is 0 Å². The lowest BCUT2D eigenvalue weighted by atomic mass is 10.3. The molecule has 0 aromatic carbocycles. The molecule has 0 aliphatic heterocycles. The highest BCUT2D eigenvalue weighted by molar-refractivity contribution is 9.10. The fourth-order valence-electron chi connectivity index (χ4n) is 1.11. The summed E-state index contributed by atoms with van der Waals surface area (Å²) < 4.78 is 6.94. The van der Waals surface area contributed by atoms with E-state index in [1.54, 1.807) is 12.3 Å². The van der Waals surface area contributed by atoms with Gasteiger partial charge in [-0.2, -0.15) is 0 Å². The van der Waals surface area contributed by atoms with E-state index in [1.807, 2.05) is 6.07 Å². The minimum Gasteiger partial charge on any atom is -0.464 e. The topological polar surface area (TPSA) is 56.5 Å². The second-order valence-electron chi connectivity index (χ2n) is 2.60. The zero-order valence-corrected chi connectivity index (χ0v) is 8.85. The number of carbonyl (C=O) groups is 1. The third-order valence-corrected chi connectivity index (χ3v) is 2.25. The number of carbonyl (C=O) groups excluding carboxylic acids is 1. The van der Waals surface area contributed by atoms with E-state index < -0.39 is 5.97 Å². The van der Waals surface area contributed by atoms with Gasteiger partial charge in [-0.1, -0.05) is 21.1 Å². The van der Waals surface area contributed by atoms with Crippen molar-refractivity contribution in [3.63, 3.8) is 0 Å². The fourth-order valence-corrected chi connectivity index (χ4v) is 1.44. The number of fused-ring (bicyclic) bond motifs is 1. The Morgan fingerprint density at radius 2 is 2.43 bits per heavy atom. The second kappa shape index (κ2) is 3.38. The van der Waals surface area contributed by atoms with E-state index in [9.17, 15) is 4.79 Å². The Morgan fingerprint density at radius 1 is 1.64 bits per heavy atom. The average molecular weight is 256 g/mol. The lowest BCUT2D eigenvalue weighted by Crippen LogP contribution is -2.02. The zero-order valence-electron chi connectivity index (χ0n) is 7.27. The molecule has 0 aliphatic carbocycles. The molecule has 2 aromatic rings. The number of hydrogen-bond donors (Lipinski definition) is 0. The first-order chi connectivity index (χ1) is 6.72. The molecule has 0 aliphatic rings. The summed E-state index contributed by atoms with van der Waals surface area (Å²) in [5.74, 6) is -0.488. The summed E-state index contributed by atoms with van der Waals surface area (Å²) in [5.41, 5.74) is 0.833. The number of methoxy groups -OCH3 is 1. The predicted molar refractivity (Wildman–Crippen MR) is 52.0 cm³/mol. The molecule has 5 nitrogen and oxygen atoms in total. The maximum atomic E-state index is 11.2. The van der Waals surface area contributed by atoms with E-state index >= 15 is 0 Å². The quantitative estimate of drug-likeness (QED) is 0.721. The Kier molecular flexibility index (Phi) is 2.20. The molecule has 0 atom stereocenters. The number of ether oxygens (including phenoxy) is 1. The van der Waals surface area contributed by atoms with E-state index in [1.165, 1.54) is 11.6 Å². The first kappa shape index (κ1) is 9.14. The highest BCUT2D eigenvalue weighted by Gasteiger charge is 2.14. The number of pyridine rings is 1. The van der Waals surface area contributed by atoms with Crippen LogP contribution in [0.1, 0.15) is 10.5 Å². The average Bonchev–Trinajstić information content (AvgIpc) is 2.59. The molecule has 0 bridgehead atoms. The largest absolute Gasteiger partial charge is 0.464 e. The van der Waals surface area contributed by atoms with Crippen LogP contribution in [0.3, 0.4) is 0 Å². The molecule has 6 heteroatoms. The number of aromatic nitrogens is 3. The fraction of sp³-hybridized carbons (Fsp3) is 0.125. The van der Waals surface area contributed by atoms with Crippen LogP contribution in [0.2, 0.25) is 0 Å². The van der Waals surface area contributed by atoms with Crippen molar-refractivity contribution in [1.29, 1.82) is 0 Å². The normalized spacial score (nSPS) is 10.4. The third kappa shape index (κ3) is 1.37. The van der Waals surface area contributed by atoms with Crippen LogP contribution in [0.4, 0.5) is 0 Å². The molecule has 0 fully saturated rings. The molecule has 0 saturated heterocycles. The summed E-state index contributed by atoms with van der Waals surface area (Å²) >= 11 is 3.30. The molecule has 72 valence electrons. The molecule has 0 radical (unpaired) electrons. The van der Waals surface area contributed by atoms with E-state index in [4.69, 9.17) is 0 Å². The van der Waals surface area contributed by atoms with Crippen molar-refractivity contribution >= 4 is 27.4 Å². The SMILES string of the molecule is COC(=O)c1nnn2ccc(Br)cc12. The number of halogens is 1. The summed E-state index contributed by atoms with van der Waals surface area (Å²) in [6.07, 6.45) is 1.71. The second-order valence-corrected chi connectivity index (χ2v) is 3.52. The van der Waals surface area contributed by atoms with Crippen molar-refractivity contribution in [1.82, 2.24) is 14.8 Å². The lowest BCUT2D eigenvalue weighted by Gasteiger charge is -1.95. The van der Waals surface area contributed by atoms with Crippen molar-refractivity contribution < 1.29 is 9.53 Å². The lowest BCUT2D eigenvalue weighted by molar-refractivity contribution is 0.0596. The number of hydrogen-bond acceptors (Lipinski definition) is 4. The van der Waals surface area contributed by atoms with Gasteiger partial charge in [0, 0.05) is 10.7 Å². The Labute approximate surface area is 87.8 Å². The highest BCUT2D eigenvalue weighted by Crippen LogP contribution is 2.15. The van der Waals surface area contributed by atoms with Crippen LogP contribution in [0.15, 0.2) is 22.8 Å². The van der Waals surface area contributed by atoms with Gasteiger partial charge in [-0.25, -0.2) is 9.31 Å². The van der Waals surface area contributed by atoms with Crippen LogP contribution < -0.4 is 0 Å². The van der Waals surface area contributed by atoms with Crippen LogP contribution >= 0.6 is 15.9 Å². The molecular weight excluding hydrogens is 250 g/mol. The minimum atomic E-state index is -0.488. The first-order valence-corrected chi connectivity index (χ1v) is 4.60. The van der Waals surface area contributed by atoms with Crippen LogP contribution in [0, 0.1) is 0 Å². The molecule has 2 heterocycles. The summed E-state index contributed by atoms with van der Waals surface area (Å²) in [6.45, 7) is 0. The van der Waals surface area contributed by atoms with Gasteiger partial charge < -0.3 is 4.74 Å². The summed E-state index contributed by atoms with van der Waals surface area (Å²) in [7, 11) is 1.31. The van der Waals surface area contributed by atoms with Gasteiger partial charge in [-0.05, 0) is 12.1 Å². The van der Waals surface area contributed by atoms with Gasteiger partial charge in [0.1, 0.15) is 5.52 Å². The Morgan fingerprint density at radius 3 is 3.14 bits per heavy atom. The Bertz CT molecular complexity index is 494. The van der Waals surface area contributed by atoms with E-state index in [-0.39, 0.29) is 5.69 Å². The first-order valence-electron chi connectivity index (χ1n) is 3.81. The molecular formula is C8H6BrN3O2. The standard InChI is InChI=1S/C8H6BrN3O2/c1-14-8(13)7-6-4-5(9)2-3-12(6)11-10-7/h2-4H,1H3. The van der Waals surface area contributed by atoms with E-state index in [2.05, 4.69) is 31.0 Å². The molecule has 0 spiro atoms. The summed E-state index contributed by atoms with van der Waals surface area (Å²) in [5, 5.41) is 7.50. The third-order valence-electron chi connectivity index (χ3n) is 1.76. The Balaban J connectivity index is 2.67. The molecule has 0 saturated carbocycles. The predicted octanol–water partition coefficient (Wildman–Crippen LogP) is 1.28. The van der Waals surface area contributed by atoms with Crippen LogP contribution in [-0.2, 0) is 4.74 Å². The zero-order chi connectivity index (χ0) is 10.1. The molecule has 14 heavy (non-hydrogen) atoms. The molecule has 2 rings (SSSR count). The Hall–Kier alpha value is -1.43. The van der Waals surface area contributed by atoms with Crippen LogP contribution in [-0.4, -0.2) is 27.9 Å². The van der Waals surface area contributed by atoms with Crippen molar-refractivity contribution in [2.45, 2.75) is 0 Å². The van der Waals surface area contributed by atoms with Crippen molar-refractivity contribution in [3.05, 3.63) is 28.5 Å². The van der Waals surface area contributed by atoms with E-state index in [0.717, 1.165) is 4.47 Å². The summed E-state index contributed by atoms with van der Waals surface area (Å²) in [4.78, 5) is 11.2. The van der Waals surface area contributed by atoms with Gasteiger partial charge in [0.25, 0.3) is 0 Å². The van der Waals surface area contributed by atoms with E-state index in [0.29, 0.717) is 5.52 Å². The maximum Gasteiger partial charge on any atom is 0.360 e. The molecule has 2 aromatic heterocycles.